The third kappa shape index (κ3) is 3.99. The first-order chi connectivity index (χ1) is 15.0. The fraction of sp³-hybridized carbons (Fsp3) is 0.250. The van der Waals surface area contributed by atoms with Gasteiger partial charge in [0, 0.05) is 26.2 Å². The van der Waals surface area contributed by atoms with Crippen molar-refractivity contribution >= 4 is 22.8 Å². The molecule has 0 aliphatic heterocycles. The maximum atomic E-state index is 11.8. The van der Waals surface area contributed by atoms with Gasteiger partial charge >= 0.3 is 5.97 Å². The minimum absolute atomic E-state index is 0.370. The monoisotopic (exact) mass is 415 g/mol. The number of rotatable bonds is 6. The van der Waals surface area contributed by atoms with Crippen molar-refractivity contribution in [3.8, 4) is 11.4 Å². The molecular formula is C24H25N5O2. The molecule has 0 amide bonds. The molecule has 4 rings (SSSR count). The standard InChI is InChI=1S/C24H25N5O2/c1-5-19-20-22(28(2)15-16-9-7-6-8-10-16)25-21(26-23(20)29(3)27-19)17-11-13-18(14-12-17)24(30)31-4/h6-14H,5,15H2,1-4H3. The summed E-state index contributed by atoms with van der Waals surface area (Å²) in [6.07, 6.45) is 0.792. The van der Waals surface area contributed by atoms with E-state index in [-0.39, 0.29) is 5.97 Å². The van der Waals surface area contributed by atoms with Crippen LogP contribution in [0.4, 0.5) is 5.82 Å². The molecule has 0 spiro atoms. The van der Waals surface area contributed by atoms with E-state index in [0.29, 0.717) is 17.9 Å². The summed E-state index contributed by atoms with van der Waals surface area (Å²) in [5.41, 5.74) is 4.27. The van der Waals surface area contributed by atoms with Crippen molar-refractivity contribution in [2.24, 2.45) is 7.05 Å². The third-order valence-corrected chi connectivity index (χ3v) is 5.26. The van der Waals surface area contributed by atoms with Gasteiger partial charge in [-0.15, -0.1) is 0 Å². The van der Waals surface area contributed by atoms with Gasteiger partial charge in [0.2, 0.25) is 0 Å². The first kappa shape index (κ1) is 20.5. The van der Waals surface area contributed by atoms with Crippen molar-refractivity contribution < 1.29 is 9.53 Å². The zero-order valence-corrected chi connectivity index (χ0v) is 18.2. The highest BCUT2D eigenvalue weighted by atomic mass is 16.5. The van der Waals surface area contributed by atoms with E-state index in [1.54, 1.807) is 12.1 Å². The fourth-order valence-corrected chi connectivity index (χ4v) is 3.67. The molecule has 0 fully saturated rings. The van der Waals surface area contributed by atoms with E-state index >= 15 is 0 Å². The van der Waals surface area contributed by atoms with Crippen LogP contribution < -0.4 is 4.90 Å². The number of aromatic nitrogens is 4. The van der Waals surface area contributed by atoms with Gasteiger partial charge in [0.25, 0.3) is 0 Å². The minimum Gasteiger partial charge on any atom is -0.465 e. The Labute approximate surface area is 181 Å². The maximum Gasteiger partial charge on any atom is 0.337 e. The Morgan fingerprint density at radius 1 is 1.06 bits per heavy atom. The second-order valence-corrected chi connectivity index (χ2v) is 7.40. The summed E-state index contributed by atoms with van der Waals surface area (Å²) < 4.78 is 6.60. The molecule has 0 N–H and O–H groups in total. The van der Waals surface area contributed by atoms with Gasteiger partial charge in [-0.1, -0.05) is 49.4 Å². The molecule has 0 unspecified atom stereocenters. The normalized spacial score (nSPS) is 11.0. The van der Waals surface area contributed by atoms with E-state index in [1.807, 2.05) is 49.1 Å². The predicted molar refractivity (Wildman–Crippen MR) is 121 cm³/mol. The lowest BCUT2D eigenvalue weighted by molar-refractivity contribution is 0.0600. The number of benzene rings is 2. The number of hydrogen-bond acceptors (Lipinski definition) is 6. The lowest BCUT2D eigenvalue weighted by Crippen LogP contribution is -2.19. The smallest absolute Gasteiger partial charge is 0.337 e. The van der Waals surface area contributed by atoms with E-state index < -0.39 is 0 Å². The highest BCUT2D eigenvalue weighted by molar-refractivity contribution is 5.92. The lowest BCUT2D eigenvalue weighted by atomic mass is 10.1. The van der Waals surface area contributed by atoms with Crippen molar-refractivity contribution in [2.75, 3.05) is 19.1 Å². The first-order valence-electron chi connectivity index (χ1n) is 10.2. The Morgan fingerprint density at radius 3 is 2.42 bits per heavy atom. The molecule has 0 aliphatic carbocycles. The Balaban J connectivity index is 1.82. The Bertz CT molecular complexity index is 1220. The number of hydrogen-bond donors (Lipinski definition) is 0. The largest absolute Gasteiger partial charge is 0.465 e. The van der Waals surface area contributed by atoms with Gasteiger partial charge in [0.15, 0.2) is 11.5 Å². The van der Waals surface area contributed by atoms with Gasteiger partial charge in [-0.3, -0.25) is 0 Å². The summed E-state index contributed by atoms with van der Waals surface area (Å²) in [6, 6.07) is 17.4. The number of fused-ring (bicyclic) bond motifs is 1. The number of esters is 1. The summed E-state index contributed by atoms with van der Waals surface area (Å²) in [6.45, 7) is 2.80. The first-order valence-corrected chi connectivity index (χ1v) is 10.2. The zero-order valence-electron chi connectivity index (χ0n) is 18.2. The van der Waals surface area contributed by atoms with Gasteiger partial charge in [-0.05, 0) is 24.1 Å². The number of ether oxygens (including phenoxy) is 1. The molecule has 0 saturated carbocycles. The molecule has 4 aromatic rings. The van der Waals surface area contributed by atoms with Crippen LogP contribution in [-0.4, -0.2) is 39.9 Å². The molecule has 2 heterocycles. The van der Waals surface area contributed by atoms with E-state index in [0.717, 1.165) is 34.5 Å². The number of anilines is 1. The van der Waals surface area contributed by atoms with Crippen LogP contribution in [0.15, 0.2) is 54.6 Å². The number of nitrogens with zero attached hydrogens (tertiary/aromatic N) is 5. The fourth-order valence-electron chi connectivity index (χ4n) is 3.67. The van der Waals surface area contributed by atoms with Crippen LogP contribution in [0.25, 0.3) is 22.4 Å². The Morgan fingerprint density at radius 2 is 1.77 bits per heavy atom. The van der Waals surface area contributed by atoms with Crippen LogP contribution in [0.1, 0.15) is 28.5 Å². The van der Waals surface area contributed by atoms with Gasteiger partial charge in [-0.2, -0.15) is 5.10 Å². The molecule has 0 atom stereocenters. The summed E-state index contributed by atoms with van der Waals surface area (Å²) in [5.74, 6) is 1.06. The van der Waals surface area contributed by atoms with Crippen LogP contribution >= 0.6 is 0 Å². The number of methoxy groups -OCH3 is 1. The molecule has 158 valence electrons. The van der Waals surface area contributed by atoms with Crippen molar-refractivity contribution in [3.63, 3.8) is 0 Å². The van der Waals surface area contributed by atoms with Crippen molar-refractivity contribution in [3.05, 3.63) is 71.4 Å². The molecule has 0 aliphatic rings. The highest BCUT2D eigenvalue weighted by Gasteiger charge is 2.20. The molecule has 31 heavy (non-hydrogen) atoms. The number of carbonyl (C=O) groups excluding carboxylic acids is 1. The molecule has 2 aromatic carbocycles. The molecule has 0 bridgehead atoms. The number of aryl methyl sites for hydroxylation is 2. The van der Waals surface area contributed by atoms with E-state index in [2.05, 4.69) is 29.1 Å². The number of carbonyl (C=O) groups is 1. The van der Waals surface area contributed by atoms with Crippen LogP contribution in [0, 0.1) is 0 Å². The average molecular weight is 415 g/mol. The topological polar surface area (TPSA) is 73.1 Å². The van der Waals surface area contributed by atoms with Crippen LogP contribution in [0.2, 0.25) is 0 Å². The van der Waals surface area contributed by atoms with Gasteiger partial charge < -0.3 is 9.64 Å². The Kier molecular flexibility index (Phi) is 5.66. The summed E-state index contributed by atoms with van der Waals surface area (Å²) >= 11 is 0. The molecule has 0 saturated heterocycles. The second kappa shape index (κ2) is 8.55. The third-order valence-electron chi connectivity index (χ3n) is 5.26. The SMILES string of the molecule is CCc1nn(C)c2nc(-c3ccc(C(=O)OC)cc3)nc(N(C)Cc3ccccc3)c12. The van der Waals surface area contributed by atoms with E-state index in [9.17, 15) is 4.79 Å². The van der Waals surface area contributed by atoms with Crippen molar-refractivity contribution in [2.45, 2.75) is 19.9 Å². The summed E-state index contributed by atoms with van der Waals surface area (Å²) in [5, 5.41) is 5.64. The van der Waals surface area contributed by atoms with Gasteiger partial charge in [0.05, 0.1) is 23.8 Å². The van der Waals surface area contributed by atoms with Crippen molar-refractivity contribution in [1.82, 2.24) is 19.7 Å². The second-order valence-electron chi connectivity index (χ2n) is 7.40. The van der Waals surface area contributed by atoms with Crippen LogP contribution in [0.3, 0.4) is 0 Å². The minimum atomic E-state index is -0.370. The van der Waals surface area contributed by atoms with Gasteiger partial charge in [0.1, 0.15) is 5.82 Å². The van der Waals surface area contributed by atoms with E-state index in [4.69, 9.17) is 14.7 Å². The zero-order chi connectivity index (χ0) is 22.0. The quantitative estimate of drug-likeness (QED) is 0.443. The summed E-state index contributed by atoms with van der Waals surface area (Å²) in [7, 11) is 5.31. The lowest BCUT2D eigenvalue weighted by Gasteiger charge is -2.20. The van der Waals surface area contributed by atoms with Crippen LogP contribution in [-0.2, 0) is 24.8 Å². The molecule has 7 heteroatoms. The molecule has 7 nitrogen and oxygen atoms in total. The maximum absolute atomic E-state index is 11.8. The predicted octanol–water partition coefficient (Wildman–Crippen LogP) is 4.02. The summed E-state index contributed by atoms with van der Waals surface area (Å²) in [4.78, 5) is 23.6. The molecular weight excluding hydrogens is 390 g/mol. The highest BCUT2D eigenvalue weighted by Crippen LogP contribution is 2.30. The van der Waals surface area contributed by atoms with Gasteiger partial charge in [-0.25, -0.2) is 19.4 Å². The van der Waals surface area contributed by atoms with Crippen LogP contribution in [0.5, 0.6) is 0 Å². The molecule has 0 radical (unpaired) electrons. The van der Waals surface area contributed by atoms with E-state index in [1.165, 1.54) is 12.7 Å². The Hall–Kier alpha value is -3.74. The molecule has 2 aromatic heterocycles. The average Bonchev–Trinajstić information content (AvgIpc) is 3.14. The van der Waals surface area contributed by atoms with Crippen molar-refractivity contribution in [1.29, 1.82) is 0 Å².